The van der Waals surface area contributed by atoms with E-state index < -0.39 is 0 Å². The third-order valence-electron chi connectivity index (χ3n) is 3.27. The zero-order valence-electron chi connectivity index (χ0n) is 11.8. The highest BCUT2D eigenvalue weighted by Gasteiger charge is 2.07. The number of benzene rings is 1. The highest BCUT2D eigenvalue weighted by molar-refractivity contribution is 9.10. The van der Waals surface area contributed by atoms with Crippen LogP contribution in [-0.4, -0.2) is 22.1 Å². The summed E-state index contributed by atoms with van der Waals surface area (Å²) >= 11 is 3.28. The number of H-pyrrole nitrogens is 1. The number of carbonyl (C=O) groups excluding carboxylic acids is 1. The lowest BCUT2D eigenvalue weighted by atomic mass is 10.1. The molecule has 0 bridgehead atoms. The molecule has 0 aliphatic carbocycles. The van der Waals surface area contributed by atoms with E-state index in [1.807, 2.05) is 31.2 Å². The average molecular weight is 357 g/mol. The summed E-state index contributed by atoms with van der Waals surface area (Å²) in [6, 6.07) is 9.65. The molecule has 3 aromatic rings. The zero-order valence-corrected chi connectivity index (χ0v) is 13.4. The number of carbonyl (C=O) groups is 1. The van der Waals surface area contributed by atoms with Crippen LogP contribution in [0.25, 0.3) is 10.9 Å². The topological polar surface area (TPSA) is 70.1 Å². The number of rotatable bonds is 3. The second kappa shape index (κ2) is 6.11. The van der Waals surface area contributed by atoms with Crippen molar-refractivity contribution in [2.45, 2.75) is 6.92 Å². The van der Waals surface area contributed by atoms with Crippen LogP contribution in [0.2, 0.25) is 0 Å². The minimum atomic E-state index is -0.303. The summed E-state index contributed by atoms with van der Waals surface area (Å²) in [5, 5.41) is 5.11. The van der Waals surface area contributed by atoms with Gasteiger partial charge in [-0.3, -0.25) is 9.78 Å². The molecule has 2 N–H and O–H groups in total. The molecule has 1 aromatic carbocycles. The summed E-state index contributed by atoms with van der Waals surface area (Å²) in [7, 11) is 0. The van der Waals surface area contributed by atoms with Crippen molar-refractivity contribution in [1.29, 1.82) is 0 Å². The Kier molecular flexibility index (Phi) is 4.02. The molecule has 2 heterocycles. The molecule has 1 amide bonds. The quantitative estimate of drug-likeness (QED) is 0.557. The number of hydrogen-bond donors (Lipinski definition) is 2. The zero-order chi connectivity index (χ0) is 15.5. The lowest BCUT2D eigenvalue weighted by Crippen LogP contribution is -2.17. The molecule has 110 valence electrons. The predicted octanol–water partition coefficient (Wildman–Crippen LogP) is 3.40. The van der Waals surface area contributed by atoms with E-state index >= 15 is 0 Å². The van der Waals surface area contributed by atoms with Crippen LogP contribution >= 0.6 is 15.9 Å². The largest absolute Gasteiger partial charge is 0.358 e. The number of para-hydroxylation sites is 1. The molecule has 0 aliphatic rings. The summed E-state index contributed by atoms with van der Waals surface area (Å²) < 4.78 is 0.747. The molecule has 0 fully saturated rings. The SMILES string of the molecule is Cc1[nH]c2ccccc2c1/C=N/NC(=O)c1cncc(Br)c1. The van der Waals surface area contributed by atoms with Crippen molar-refractivity contribution in [3.8, 4) is 0 Å². The van der Waals surface area contributed by atoms with Crippen molar-refractivity contribution in [1.82, 2.24) is 15.4 Å². The van der Waals surface area contributed by atoms with Gasteiger partial charge in [0.05, 0.1) is 11.8 Å². The Labute approximate surface area is 135 Å². The maximum absolute atomic E-state index is 12.0. The molecule has 0 radical (unpaired) electrons. The number of nitrogens with one attached hydrogen (secondary N) is 2. The smallest absolute Gasteiger partial charge is 0.272 e. The van der Waals surface area contributed by atoms with E-state index in [4.69, 9.17) is 0 Å². The van der Waals surface area contributed by atoms with Crippen LogP contribution in [0.1, 0.15) is 21.6 Å². The maximum atomic E-state index is 12.0. The lowest BCUT2D eigenvalue weighted by molar-refractivity contribution is 0.0954. The molecule has 6 heteroatoms. The molecule has 0 unspecified atom stereocenters. The molecule has 5 nitrogen and oxygen atoms in total. The van der Waals surface area contributed by atoms with Gasteiger partial charge in [0.25, 0.3) is 5.91 Å². The Balaban J connectivity index is 1.79. The monoisotopic (exact) mass is 356 g/mol. The van der Waals surface area contributed by atoms with Crippen LogP contribution in [0.3, 0.4) is 0 Å². The van der Waals surface area contributed by atoms with Gasteiger partial charge >= 0.3 is 0 Å². The predicted molar refractivity (Wildman–Crippen MR) is 90.0 cm³/mol. The van der Waals surface area contributed by atoms with E-state index in [-0.39, 0.29) is 5.91 Å². The normalized spacial score (nSPS) is 11.2. The van der Waals surface area contributed by atoms with E-state index in [1.54, 1.807) is 18.5 Å². The molecule has 0 saturated heterocycles. The van der Waals surface area contributed by atoms with Crippen molar-refractivity contribution < 1.29 is 4.79 Å². The second-order valence-electron chi connectivity index (χ2n) is 4.80. The van der Waals surface area contributed by atoms with Crippen molar-refractivity contribution in [3.05, 3.63) is 64.0 Å². The number of amides is 1. The first-order valence-corrected chi connectivity index (χ1v) is 7.46. The number of aromatic amines is 1. The number of aromatic nitrogens is 2. The van der Waals surface area contributed by atoms with Crippen LogP contribution < -0.4 is 5.43 Å². The van der Waals surface area contributed by atoms with Gasteiger partial charge in [0, 0.05) is 39.0 Å². The van der Waals surface area contributed by atoms with Gasteiger partial charge < -0.3 is 4.98 Å². The lowest BCUT2D eigenvalue weighted by Gasteiger charge is -1.99. The van der Waals surface area contributed by atoms with Crippen molar-refractivity contribution in [2.75, 3.05) is 0 Å². The van der Waals surface area contributed by atoms with Gasteiger partial charge in [0.15, 0.2) is 0 Å². The fraction of sp³-hybridized carbons (Fsp3) is 0.0625. The Hall–Kier alpha value is -2.47. The van der Waals surface area contributed by atoms with E-state index in [2.05, 4.69) is 36.4 Å². The Morgan fingerprint density at radius 2 is 2.18 bits per heavy atom. The molecular formula is C16H13BrN4O. The number of halogens is 1. The molecular weight excluding hydrogens is 344 g/mol. The number of aryl methyl sites for hydroxylation is 1. The highest BCUT2D eigenvalue weighted by Crippen LogP contribution is 2.19. The molecule has 0 spiro atoms. The number of hydrogen-bond acceptors (Lipinski definition) is 3. The van der Waals surface area contributed by atoms with E-state index in [9.17, 15) is 4.79 Å². The Morgan fingerprint density at radius 3 is 3.00 bits per heavy atom. The Morgan fingerprint density at radius 1 is 1.36 bits per heavy atom. The third kappa shape index (κ3) is 2.92. The van der Waals surface area contributed by atoms with Crippen molar-refractivity contribution in [3.63, 3.8) is 0 Å². The first kappa shape index (κ1) is 14.5. The molecule has 0 atom stereocenters. The average Bonchev–Trinajstić information content (AvgIpc) is 2.83. The molecule has 3 rings (SSSR count). The number of hydrazone groups is 1. The van der Waals surface area contributed by atoms with Gasteiger partial charge in [-0.05, 0) is 35.0 Å². The van der Waals surface area contributed by atoms with Gasteiger partial charge in [-0.15, -0.1) is 0 Å². The third-order valence-corrected chi connectivity index (χ3v) is 3.70. The van der Waals surface area contributed by atoms with Crippen LogP contribution in [-0.2, 0) is 0 Å². The van der Waals surface area contributed by atoms with Gasteiger partial charge in [-0.2, -0.15) is 5.10 Å². The first-order chi connectivity index (χ1) is 10.6. The summed E-state index contributed by atoms with van der Waals surface area (Å²) in [5.74, 6) is -0.303. The minimum absolute atomic E-state index is 0.303. The fourth-order valence-electron chi connectivity index (χ4n) is 2.22. The summed E-state index contributed by atoms with van der Waals surface area (Å²) in [6.07, 6.45) is 4.76. The van der Waals surface area contributed by atoms with E-state index in [0.29, 0.717) is 5.56 Å². The van der Waals surface area contributed by atoms with E-state index in [1.165, 1.54) is 6.20 Å². The maximum Gasteiger partial charge on any atom is 0.272 e. The van der Waals surface area contributed by atoms with Crippen LogP contribution in [0.5, 0.6) is 0 Å². The van der Waals surface area contributed by atoms with Crippen LogP contribution in [0, 0.1) is 6.92 Å². The fourth-order valence-corrected chi connectivity index (χ4v) is 2.59. The second-order valence-corrected chi connectivity index (χ2v) is 5.72. The highest BCUT2D eigenvalue weighted by atomic mass is 79.9. The van der Waals surface area contributed by atoms with Gasteiger partial charge in [0.1, 0.15) is 0 Å². The minimum Gasteiger partial charge on any atom is -0.358 e. The number of nitrogens with zero attached hydrogens (tertiary/aromatic N) is 2. The summed E-state index contributed by atoms with van der Waals surface area (Å²) in [6.45, 7) is 1.97. The van der Waals surface area contributed by atoms with Gasteiger partial charge in [0.2, 0.25) is 0 Å². The van der Waals surface area contributed by atoms with Gasteiger partial charge in [-0.1, -0.05) is 18.2 Å². The summed E-state index contributed by atoms with van der Waals surface area (Å²) in [4.78, 5) is 19.2. The first-order valence-electron chi connectivity index (χ1n) is 6.66. The molecule has 2 aromatic heterocycles. The van der Waals surface area contributed by atoms with Crippen LogP contribution in [0.4, 0.5) is 0 Å². The van der Waals surface area contributed by atoms with Crippen molar-refractivity contribution >= 4 is 39.0 Å². The van der Waals surface area contributed by atoms with Crippen molar-refractivity contribution in [2.24, 2.45) is 5.10 Å². The van der Waals surface area contributed by atoms with Crippen LogP contribution in [0.15, 0.2) is 52.3 Å². The Bertz CT molecular complexity index is 869. The molecule has 0 aliphatic heterocycles. The van der Waals surface area contributed by atoms with E-state index in [0.717, 1.165) is 26.6 Å². The standard InChI is InChI=1S/C16H13BrN4O/c1-10-14(13-4-2-3-5-15(13)20-10)9-19-21-16(22)11-6-12(17)8-18-7-11/h2-9,20H,1H3,(H,21,22)/b19-9+. The summed E-state index contributed by atoms with van der Waals surface area (Å²) in [5.41, 5.74) is 5.97. The number of pyridine rings is 1. The molecule has 22 heavy (non-hydrogen) atoms. The molecule has 0 saturated carbocycles. The number of fused-ring (bicyclic) bond motifs is 1. The van der Waals surface area contributed by atoms with Gasteiger partial charge in [-0.25, -0.2) is 5.43 Å².